The second-order valence-corrected chi connectivity index (χ2v) is 9.78. The molecule has 7 nitrogen and oxygen atoms in total. The molecule has 0 radical (unpaired) electrons. The summed E-state index contributed by atoms with van der Waals surface area (Å²) in [5, 5.41) is 10.8. The Hall–Kier alpha value is -3.08. The van der Waals surface area contributed by atoms with Crippen molar-refractivity contribution in [3.8, 4) is 5.75 Å². The molecule has 11 heteroatoms. The van der Waals surface area contributed by atoms with Crippen LogP contribution in [0.25, 0.3) is 0 Å². The van der Waals surface area contributed by atoms with Crippen molar-refractivity contribution in [2.24, 2.45) is 5.92 Å². The number of anilines is 1. The Bertz CT molecular complexity index is 1300. The molecule has 0 fully saturated rings. The van der Waals surface area contributed by atoms with Gasteiger partial charge in [-0.1, -0.05) is 17.7 Å². The third-order valence-electron chi connectivity index (χ3n) is 5.18. The van der Waals surface area contributed by atoms with Gasteiger partial charge in [-0.05, 0) is 48.5 Å². The molecule has 2 aromatic carbocycles. The first-order valence-corrected chi connectivity index (χ1v) is 11.6. The minimum atomic E-state index is -4.13. The van der Waals surface area contributed by atoms with Gasteiger partial charge in [0.25, 0.3) is 5.91 Å². The van der Waals surface area contributed by atoms with Crippen LogP contribution in [0.4, 0.5) is 14.6 Å². The van der Waals surface area contributed by atoms with Crippen molar-refractivity contribution in [3.63, 3.8) is 0 Å². The Balaban J connectivity index is 1.74. The van der Waals surface area contributed by atoms with E-state index in [2.05, 4.69) is 10.3 Å². The first kappa shape index (κ1) is 23.1. The number of carbonyl (C=O) groups excluding carboxylic acids is 1. The van der Waals surface area contributed by atoms with Crippen LogP contribution in [0.15, 0.2) is 59.5 Å². The predicted molar refractivity (Wildman–Crippen MR) is 116 cm³/mol. The van der Waals surface area contributed by atoms with Crippen molar-refractivity contribution in [3.05, 3.63) is 82.5 Å². The van der Waals surface area contributed by atoms with E-state index >= 15 is 0 Å². The van der Waals surface area contributed by atoms with Gasteiger partial charge in [-0.3, -0.25) is 4.79 Å². The Morgan fingerprint density at radius 1 is 1.15 bits per heavy atom. The third-order valence-corrected chi connectivity index (χ3v) is 7.70. The molecule has 1 amide bonds. The lowest BCUT2D eigenvalue weighted by molar-refractivity contribution is 0.102. The molecule has 0 saturated heterocycles. The van der Waals surface area contributed by atoms with E-state index in [1.807, 2.05) is 0 Å². The fourth-order valence-electron chi connectivity index (χ4n) is 3.58. The average Bonchev–Trinajstić information content (AvgIpc) is 2.78. The van der Waals surface area contributed by atoms with Crippen molar-refractivity contribution in [2.75, 3.05) is 18.5 Å². The van der Waals surface area contributed by atoms with Gasteiger partial charge in [-0.15, -0.1) is 0 Å². The Morgan fingerprint density at radius 2 is 1.88 bits per heavy atom. The zero-order valence-electron chi connectivity index (χ0n) is 16.8. The van der Waals surface area contributed by atoms with E-state index in [1.54, 1.807) is 0 Å². The van der Waals surface area contributed by atoms with Gasteiger partial charge in [0.15, 0.2) is 9.84 Å². The molecule has 3 aromatic rings. The van der Waals surface area contributed by atoms with Gasteiger partial charge in [-0.2, -0.15) is 0 Å². The van der Waals surface area contributed by atoms with Crippen molar-refractivity contribution in [1.29, 1.82) is 0 Å². The van der Waals surface area contributed by atoms with E-state index < -0.39 is 50.7 Å². The maximum atomic E-state index is 14.1. The van der Waals surface area contributed by atoms with Crippen LogP contribution < -0.4 is 10.1 Å². The minimum Gasteiger partial charge on any atom is -0.491 e. The third kappa shape index (κ3) is 4.41. The number of rotatable bonds is 5. The fraction of sp³-hybridized carbons (Fsp3) is 0.182. The van der Waals surface area contributed by atoms with Gasteiger partial charge < -0.3 is 15.2 Å². The van der Waals surface area contributed by atoms with Crippen molar-refractivity contribution in [1.82, 2.24) is 4.98 Å². The first-order chi connectivity index (χ1) is 15.7. The number of benzene rings is 2. The number of fused-ring (bicyclic) bond motifs is 1. The lowest BCUT2D eigenvalue weighted by atomic mass is 10.0. The number of hydrogen-bond donors (Lipinski definition) is 2. The highest BCUT2D eigenvalue weighted by atomic mass is 35.5. The molecule has 1 aromatic heterocycles. The number of sulfone groups is 1. The van der Waals surface area contributed by atoms with E-state index in [0.29, 0.717) is 0 Å². The van der Waals surface area contributed by atoms with Gasteiger partial charge >= 0.3 is 0 Å². The number of ether oxygens (including phenoxy) is 1. The molecular weight excluding hydrogens is 478 g/mol. The van der Waals surface area contributed by atoms with Crippen LogP contribution >= 0.6 is 11.6 Å². The summed E-state index contributed by atoms with van der Waals surface area (Å²) >= 11 is 5.93. The molecule has 2 unspecified atom stereocenters. The largest absolute Gasteiger partial charge is 0.491 e. The van der Waals surface area contributed by atoms with Gasteiger partial charge in [0.1, 0.15) is 34.1 Å². The number of aliphatic hydroxyl groups excluding tert-OH is 1. The molecule has 2 atom stereocenters. The SMILES string of the molecule is O=C(Nc1ccc2c(n1)C(S(=O)(=O)c1ccc(F)cc1)C(CO)CO2)c1c(F)cccc1Cl. The van der Waals surface area contributed by atoms with Crippen LogP contribution in [0.5, 0.6) is 5.75 Å². The second kappa shape index (κ2) is 9.05. The Morgan fingerprint density at radius 3 is 2.55 bits per heavy atom. The summed E-state index contributed by atoms with van der Waals surface area (Å²) in [4.78, 5) is 16.7. The van der Waals surface area contributed by atoms with Gasteiger partial charge in [0, 0.05) is 5.92 Å². The van der Waals surface area contributed by atoms with E-state index in [0.717, 1.165) is 30.3 Å². The molecule has 1 aliphatic rings. The number of hydrogen-bond acceptors (Lipinski definition) is 6. The molecule has 33 heavy (non-hydrogen) atoms. The Labute approximate surface area is 192 Å². The highest BCUT2D eigenvalue weighted by Crippen LogP contribution is 2.42. The molecule has 2 N–H and O–H groups in total. The quantitative estimate of drug-likeness (QED) is 0.523. The molecule has 172 valence electrons. The number of halogens is 3. The molecule has 0 bridgehead atoms. The van der Waals surface area contributed by atoms with E-state index in [9.17, 15) is 27.1 Å². The van der Waals surface area contributed by atoms with E-state index in [1.165, 1.54) is 24.3 Å². The van der Waals surface area contributed by atoms with Gasteiger partial charge in [0.2, 0.25) is 0 Å². The van der Waals surface area contributed by atoms with Crippen molar-refractivity contribution >= 4 is 33.2 Å². The summed E-state index contributed by atoms with van der Waals surface area (Å²) in [6.45, 7) is -0.611. The summed E-state index contributed by atoms with van der Waals surface area (Å²) in [7, 11) is -4.13. The van der Waals surface area contributed by atoms with E-state index in [4.69, 9.17) is 16.3 Å². The molecule has 2 heterocycles. The number of nitrogens with zero attached hydrogens (tertiary/aromatic N) is 1. The zero-order chi connectivity index (χ0) is 23.8. The normalized spacial score (nSPS) is 17.7. The highest BCUT2D eigenvalue weighted by molar-refractivity contribution is 7.91. The zero-order valence-corrected chi connectivity index (χ0v) is 18.4. The fourth-order valence-corrected chi connectivity index (χ4v) is 5.77. The lowest BCUT2D eigenvalue weighted by Gasteiger charge is -2.31. The summed E-state index contributed by atoms with van der Waals surface area (Å²) in [6, 6.07) is 10.8. The topological polar surface area (TPSA) is 106 Å². The first-order valence-electron chi connectivity index (χ1n) is 9.72. The summed E-state index contributed by atoms with van der Waals surface area (Å²) in [6.07, 6.45) is 0. The molecular formula is C22H17ClF2N2O5S. The van der Waals surface area contributed by atoms with Crippen LogP contribution in [-0.2, 0) is 9.84 Å². The lowest BCUT2D eigenvalue weighted by Crippen LogP contribution is -2.34. The van der Waals surface area contributed by atoms with Crippen LogP contribution in [0.2, 0.25) is 5.02 Å². The monoisotopic (exact) mass is 494 g/mol. The second-order valence-electron chi connectivity index (χ2n) is 7.30. The molecule has 0 aliphatic carbocycles. The smallest absolute Gasteiger partial charge is 0.261 e. The van der Waals surface area contributed by atoms with Crippen LogP contribution in [0.3, 0.4) is 0 Å². The number of carbonyl (C=O) groups is 1. The highest BCUT2D eigenvalue weighted by Gasteiger charge is 2.42. The predicted octanol–water partition coefficient (Wildman–Crippen LogP) is 3.78. The van der Waals surface area contributed by atoms with Gasteiger partial charge in [0.05, 0.1) is 28.7 Å². The maximum Gasteiger partial charge on any atom is 0.261 e. The van der Waals surface area contributed by atoms with Crippen LogP contribution in [-0.4, -0.2) is 37.6 Å². The maximum absolute atomic E-state index is 14.1. The van der Waals surface area contributed by atoms with Crippen LogP contribution in [0, 0.1) is 17.6 Å². The van der Waals surface area contributed by atoms with Gasteiger partial charge in [-0.25, -0.2) is 22.2 Å². The standard InChI is InChI=1S/C22H17ClF2N2O5S/c23-15-2-1-3-16(25)19(15)22(29)27-18-9-8-17-20(26-18)21(12(10-28)11-32-17)33(30,31)14-6-4-13(24)5-7-14/h1-9,12,21,28H,10-11H2,(H,26,27,29). The minimum absolute atomic E-state index is 0.0398. The molecule has 0 saturated carbocycles. The number of aliphatic hydroxyl groups is 1. The molecule has 4 rings (SSSR count). The number of pyridine rings is 1. The number of aromatic nitrogens is 1. The summed E-state index contributed by atoms with van der Waals surface area (Å²) < 4.78 is 59.7. The summed E-state index contributed by atoms with van der Waals surface area (Å²) in [5.74, 6) is -3.10. The molecule has 1 aliphatic heterocycles. The number of amides is 1. The molecule has 0 spiro atoms. The number of nitrogens with one attached hydrogen (secondary N) is 1. The van der Waals surface area contributed by atoms with Crippen LogP contribution in [0.1, 0.15) is 21.3 Å². The van der Waals surface area contributed by atoms with Crippen molar-refractivity contribution < 1.29 is 31.8 Å². The van der Waals surface area contributed by atoms with Crippen molar-refractivity contribution in [2.45, 2.75) is 10.1 Å². The Kier molecular flexibility index (Phi) is 6.33. The average molecular weight is 495 g/mol. The van der Waals surface area contributed by atoms with E-state index in [-0.39, 0.29) is 33.8 Å². The summed E-state index contributed by atoms with van der Waals surface area (Å²) in [5.41, 5.74) is -0.430.